The lowest BCUT2D eigenvalue weighted by molar-refractivity contribution is -0.136. The average molecular weight is 447 g/mol. The molecule has 2 aromatic carbocycles. The summed E-state index contributed by atoms with van der Waals surface area (Å²) >= 11 is 0. The Morgan fingerprint density at radius 1 is 1.12 bits per heavy atom. The van der Waals surface area contributed by atoms with E-state index in [1.807, 2.05) is 42.5 Å². The van der Waals surface area contributed by atoms with E-state index in [0.29, 0.717) is 19.6 Å². The van der Waals surface area contributed by atoms with Gasteiger partial charge in [-0.05, 0) is 68.2 Å². The number of hydrogen-bond donors (Lipinski definition) is 3. The van der Waals surface area contributed by atoms with Gasteiger partial charge in [0, 0.05) is 23.9 Å². The van der Waals surface area contributed by atoms with E-state index in [1.165, 1.54) is 19.3 Å². The van der Waals surface area contributed by atoms with Gasteiger partial charge < -0.3 is 20.1 Å². The zero-order valence-corrected chi connectivity index (χ0v) is 18.8. The molecule has 3 heterocycles. The number of carbonyl (C=O) groups is 1. The number of aromatic nitrogens is 1. The molecule has 0 atom stereocenters. The number of aryl methyl sites for hydroxylation is 1. The summed E-state index contributed by atoms with van der Waals surface area (Å²) in [6.45, 7) is 4.48. The summed E-state index contributed by atoms with van der Waals surface area (Å²) in [4.78, 5) is 22.2. The number of fused-ring (bicyclic) bond motifs is 2. The summed E-state index contributed by atoms with van der Waals surface area (Å²) in [5.41, 5.74) is 5.64. The summed E-state index contributed by atoms with van der Waals surface area (Å²) in [5, 5.41) is 13.8. The van der Waals surface area contributed by atoms with Crippen LogP contribution in [0.5, 0.6) is 5.75 Å². The van der Waals surface area contributed by atoms with Gasteiger partial charge in [-0.3, -0.25) is 9.69 Å². The number of rotatable bonds is 8. The van der Waals surface area contributed by atoms with Gasteiger partial charge in [0.05, 0.1) is 29.3 Å². The Kier molecular flexibility index (Phi) is 6.30. The number of aliphatic carboxylic acids is 1. The van der Waals surface area contributed by atoms with Gasteiger partial charge in [-0.25, -0.2) is 4.99 Å². The number of aliphatic imine (C=N–C) groups is 1. The van der Waals surface area contributed by atoms with Gasteiger partial charge in [0.2, 0.25) is 0 Å². The van der Waals surface area contributed by atoms with Crippen LogP contribution < -0.4 is 10.1 Å². The molecule has 2 aliphatic rings. The number of carboxylic acids is 1. The van der Waals surface area contributed by atoms with Crippen LogP contribution in [0.2, 0.25) is 0 Å². The highest BCUT2D eigenvalue weighted by Gasteiger charge is 2.20. The molecule has 3 N–H and O–H groups in total. The summed E-state index contributed by atoms with van der Waals surface area (Å²) in [7, 11) is 0. The lowest BCUT2D eigenvalue weighted by atomic mass is 10.0. The topological polar surface area (TPSA) is 89.9 Å². The first-order valence-corrected chi connectivity index (χ1v) is 11.8. The molecule has 0 amide bonds. The maximum absolute atomic E-state index is 11.4. The van der Waals surface area contributed by atoms with Gasteiger partial charge in [0.15, 0.2) is 0 Å². The summed E-state index contributed by atoms with van der Waals surface area (Å²) in [5.74, 6) is 0.00831. The number of likely N-dealkylation sites (tertiary alicyclic amines) is 1. The van der Waals surface area contributed by atoms with Gasteiger partial charge in [-0.2, -0.15) is 0 Å². The van der Waals surface area contributed by atoms with Crippen LogP contribution in [-0.4, -0.2) is 59.5 Å². The number of nitrogens with one attached hydrogen (secondary N) is 2. The van der Waals surface area contributed by atoms with Crippen molar-refractivity contribution in [3.8, 4) is 5.75 Å². The minimum Gasteiger partial charge on any atom is -0.492 e. The van der Waals surface area contributed by atoms with E-state index in [0.717, 1.165) is 64.6 Å². The van der Waals surface area contributed by atoms with Crippen LogP contribution in [0.4, 0.5) is 11.4 Å². The Hall–Kier alpha value is -3.32. The molecule has 7 heteroatoms. The Balaban J connectivity index is 1.42. The number of aromatic amines is 1. The first-order chi connectivity index (χ1) is 16.2. The van der Waals surface area contributed by atoms with Crippen molar-refractivity contribution < 1.29 is 14.6 Å². The molecule has 0 unspecified atom stereocenters. The van der Waals surface area contributed by atoms with Crippen molar-refractivity contribution in [1.82, 2.24) is 9.88 Å². The fourth-order valence-electron chi connectivity index (χ4n) is 4.76. The third-order valence-electron chi connectivity index (χ3n) is 6.49. The first-order valence-electron chi connectivity index (χ1n) is 11.8. The number of benzene rings is 2. The predicted octanol–water partition coefficient (Wildman–Crippen LogP) is 4.60. The van der Waals surface area contributed by atoms with Crippen molar-refractivity contribution >= 4 is 34.0 Å². The SMILES string of the molecule is O=C(O)CCc1c(C2=Nc3ccccc3NC2)[nH]c2ccc(OCCN3CCCCC3)cc12. The van der Waals surface area contributed by atoms with Crippen LogP contribution in [0, 0.1) is 0 Å². The number of H-pyrrole nitrogens is 1. The first kappa shape index (κ1) is 21.5. The summed E-state index contributed by atoms with van der Waals surface area (Å²) in [6.07, 6.45) is 4.37. The Morgan fingerprint density at radius 3 is 2.82 bits per heavy atom. The molecule has 0 saturated carbocycles. The monoisotopic (exact) mass is 446 g/mol. The largest absolute Gasteiger partial charge is 0.492 e. The van der Waals surface area contributed by atoms with E-state index in [2.05, 4.69) is 15.2 Å². The van der Waals surface area contributed by atoms with E-state index in [-0.39, 0.29) is 6.42 Å². The number of anilines is 1. The maximum Gasteiger partial charge on any atom is 0.303 e. The average Bonchev–Trinajstić information content (AvgIpc) is 3.21. The molecule has 172 valence electrons. The van der Waals surface area contributed by atoms with Crippen LogP contribution >= 0.6 is 0 Å². The minimum absolute atomic E-state index is 0.0668. The highest BCUT2D eigenvalue weighted by molar-refractivity contribution is 6.10. The molecule has 33 heavy (non-hydrogen) atoms. The smallest absolute Gasteiger partial charge is 0.303 e. The molecule has 0 aliphatic carbocycles. The molecular formula is C26H30N4O3. The van der Waals surface area contributed by atoms with Crippen LogP contribution in [0.25, 0.3) is 10.9 Å². The van der Waals surface area contributed by atoms with Gasteiger partial charge in [-0.1, -0.05) is 18.6 Å². The molecular weight excluding hydrogens is 416 g/mol. The van der Waals surface area contributed by atoms with E-state index in [4.69, 9.17) is 9.73 Å². The highest BCUT2D eigenvalue weighted by Crippen LogP contribution is 2.32. The van der Waals surface area contributed by atoms with E-state index in [9.17, 15) is 9.90 Å². The van der Waals surface area contributed by atoms with Gasteiger partial charge in [-0.15, -0.1) is 0 Å². The second kappa shape index (κ2) is 9.67. The predicted molar refractivity (Wildman–Crippen MR) is 131 cm³/mol. The maximum atomic E-state index is 11.4. The van der Waals surface area contributed by atoms with E-state index in [1.54, 1.807) is 0 Å². The standard InChI is InChI=1S/C26H30N4O3/c31-25(32)11-9-19-20-16-18(33-15-14-30-12-4-1-5-13-30)8-10-21(20)29-26(19)24-17-27-22-6-2-3-7-23(22)28-24/h2-3,6-8,10,16,27,29H,1,4-5,9,11-15,17H2,(H,31,32). The molecule has 0 bridgehead atoms. The van der Waals surface area contributed by atoms with Crippen LogP contribution in [0.15, 0.2) is 47.5 Å². The van der Waals surface area contributed by atoms with Crippen molar-refractivity contribution in [2.75, 3.05) is 38.1 Å². The second-order valence-electron chi connectivity index (χ2n) is 8.76. The van der Waals surface area contributed by atoms with Crippen molar-refractivity contribution in [2.45, 2.75) is 32.1 Å². The molecule has 1 aromatic heterocycles. The number of nitrogens with zero attached hydrogens (tertiary/aromatic N) is 2. The lowest BCUT2D eigenvalue weighted by Crippen LogP contribution is -2.33. The number of hydrogen-bond acceptors (Lipinski definition) is 5. The van der Waals surface area contributed by atoms with Crippen molar-refractivity contribution in [2.24, 2.45) is 4.99 Å². The Labute approximate surface area is 193 Å². The van der Waals surface area contributed by atoms with Gasteiger partial charge in [0.1, 0.15) is 12.4 Å². The molecule has 3 aromatic rings. The van der Waals surface area contributed by atoms with E-state index >= 15 is 0 Å². The van der Waals surface area contributed by atoms with Crippen LogP contribution in [0.1, 0.15) is 36.9 Å². The molecule has 1 saturated heterocycles. The Bertz CT molecular complexity index is 1180. The van der Waals surface area contributed by atoms with Gasteiger partial charge >= 0.3 is 5.97 Å². The zero-order valence-electron chi connectivity index (χ0n) is 18.8. The number of para-hydroxylation sites is 2. The molecule has 7 nitrogen and oxygen atoms in total. The Morgan fingerprint density at radius 2 is 1.97 bits per heavy atom. The van der Waals surface area contributed by atoms with E-state index < -0.39 is 5.97 Å². The third kappa shape index (κ3) is 4.88. The minimum atomic E-state index is -0.807. The van der Waals surface area contributed by atoms with Crippen LogP contribution in [0.3, 0.4) is 0 Å². The van der Waals surface area contributed by atoms with Crippen molar-refractivity contribution in [1.29, 1.82) is 0 Å². The zero-order chi connectivity index (χ0) is 22.6. The normalized spacial score (nSPS) is 16.2. The fourth-order valence-corrected chi connectivity index (χ4v) is 4.76. The van der Waals surface area contributed by atoms with Gasteiger partial charge in [0.25, 0.3) is 0 Å². The fraction of sp³-hybridized carbons (Fsp3) is 0.385. The summed E-state index contributed by atoms with van der Waals surface area (Å²) < 4.78 is 6.08. The number of carboxylic acid groups (broad SMARTS) is 1. The number of ether oxygens (including phenoxy) is 1. The summed E-state index contributed by atoms with van der Waals surface area (Å²) in [6, 6.07) is 14.0. The second-order valence-corrected chi connectivity index (χ2v) is 8.76. The van der Waals surface area contributed by atoms with Crippen LogP contribution in [-0.2, 0) is 11.2 Å². The quantitative estimate of drug-likeness (QED) is 0.471. The molecule has 0 radical (unpaired) electrons. The lowest BCUT2D eigenvalue weighted by Gasteiger charge is -2.26. The van der Waals surface area contributed by atoms with Crippen molar-refractivity contribution in [3.63, 3.8) is 0 Å². The van der Waals surface area contributed by atoms with Crippen molar-refractivity contribution in [3.05, 3.63) is 53.7 Å². The molecule has 0 spiro atoms. The number of piperidine rings is 1. The molecule has 2 aliphatic heterocycles. The highest BCUT2D eigenvalue weighted by atomic mass is 16.5. The molecule has 5 rings (SSSR count). The molecule has 1 fully saturated rings. The third-order valence-corrected chi connectivity index (χ3v) is 6.49.